The molecule has 0 unspecified atom stereocenters. The first-order chi connectivity index (χ1) is 11.6. The first-order valence-corrected chi connectivity index (χ1v) is 8.74. The van der Waals surface area contributed by atoms with Crippen LogP contribution in [0.2, 0.25) is 5.02 Å². The van der Waals surface area contributed by atoms with Gasteiger partial charge in [0.15, 0.2) is 0 Å². The number of benzene rings is 1. The zero-order valence-corrected chi connectivity index (χ0v) is 15.3. The first-order valence-electron chi connectivity index (χ1n) is 8.36. The number of hydrogen-bond donors (Lipinski definition) is 1. The Balaban J connectivity index is 1.51. The first kappa shape index (κ1) is 17.1. The van der Waals surface area contributed by atoms with Gasteiger partial charge in [-0.05, 0) is 43.5 Å². The van der Waals surface area contributed by atoms with Gasteiger partial charge in [0.1, 0.15) is 0 Å². The topological polar surface area (TPSA) is 42.3 Å². The third kappa shape index (κ3) is 3.68. The lowest BCUT2D eigenvalue weighted by Crippen LogP contribution is -2.26. The summed E-state index contributed by atoms with van der Waals surface area (Å²) in [6.07, 6.45) is 1.21. The van der Waals surface area contributed by atoms with E-state index in [1.165, 1.54) is 12.1 Å². The SMILES string of the molecule is COc1c(CNC[C@H]2CCN(c3ccc(Cl)cc3)C2)c(C)nn1C. The number of hydrogen-bond acceptors (Lipinski definition) is 4. The zero-order valence-electron chi connectivity index (χ0n) is 14.6. The van der Waals surface area contributed by atoms with E-state index in [4.69, 9.17) is 16.3 Å². The zero-order chi connectivity index (χ0) is 17.1. The van der Waals surface area contributed by atoms with E-state index in [0.29, 0.717) is 5.92 Å². The van der Waals surface area contributed by atoms with Gasteiger partial charge in [-0.1, -0.05) is 11.6 Å². The second kappa shape index (κ2) is 7.45. The monoisotopic (exact) mass is 348 g/mol. The summed E-state index contributed by atoms with van der Waals surface area (Å²) in [5, 5.41) is 8.79. The molecule has 130 valence electrons. The smallest absolute Gasteiger partial charge is 0.216 e. The van der Waals surface area contributed by atoms with Crippen LogP contribution in [0, 0.1) is 12.8 Å². The normalized spacial score (nSPS) is 17.5. The van der Waals surface area contributed by atoms with E-state index in [0.717, 1.165) is 48.3 Å². The van der Waals surface area contributed by atoms with Crippen LogP contribution in [0.15, 0.2) is 24.3 Å². The minimum Gasteiger partial charge on any atom is -0.481 e. The van der Waals surface area contributed by atoms with E-state index in [1.54, 1.807) is 11.8 Å². The molecule has 24 heavy (non-hydrogen) atoms. The maximum atomic E-state index is 5.97. The highest BCUT2D eigenvalue weighted by molar-refractivity contribution is 6.30. The number of methoxy groups -OCH3 is 1. The molecule has 6 heteroatoms. The maximum Gasteiger partial charge on any atom is 0.216 e. The molecule has 1 saturated heterocycles. The Morgan fingerprint density at radius 2 is 2.08 bits per heavy atom. The van der Waals surface area contributed by atoms with E-state index in [9.17, 15) is 0 Å². The fourth-order valence-electron chi connectivity index (χ4n) is 3.43. The van der Waals surface area contributed by atoms with E-state index in [1.807, 2.05) is 26.1 Å². The lowest BCUT2D eigenvalue weighted by atomic mass is 10.1. The molecule has 1 aromatic heterocycles. The number of nitrogens with one attached hydrogen (secondary N) is 1. The number of aryl methyl sites for hydroxylation is 2. The summed E-state index contributed by atoms with van der Waals surface area (Å²) in [7, 11) is 3.61. The molecule has 3 rings (SSSR count). The largest absolute Gasteiger partial charge is 0.481 e. The quantitative estimate of drug-likeness (QED) is 0.871. The lowest BCUT2D eigenvalue weighted by Gasteiger charge is -2.19. The summed E-state index contributed by atoms with van der Waals surface area (Å²) in [4.78, 5) is 2.43. The Bertz CT molecular complexity index is 683. The van der Waals surface area contributed by atoms with Gasteiger partial charge < -0.3 is 15.0 Å². The standard InChI is InChI=1S/C18H25ClN4O/c1-13-17(18(24-3)22(2)21-13)11-20-10-14-8-9-23(12-14)16-6-4-15(19)5-7-16/h4-7,14,20H,8-12H2,1-3H3/t14-/m1/s1. The van der Waals surface area contributed by atoms with Crippen molar-refractivity contribution < 1.29 is 4.74 Å². The number of nitrogens with zero attached hydrogens (tertiary/aromatic N) is 3. The summed E-state index contributed by atoms with van der Waals surface area (Å²) in [5.41, 5.74) is 3.43. The van der Waals surface area contributed by atoms with Crippen molar-refractivity contribution in [1.82, 2.24) is 15.1 Å². The van der Waals surface area contributed by atoms with Gasteiger partial charge in [-0.2, -0.15) is 5.10 Å². The third-order valence-corrected chi connectivity index (χ3v) is 4.95. The van der Waals surface area contributed by atoms with Gasteiger partial charge >= 0.3 is 0 Å². The summed E-state index contributed by atoms with van der Waals surface area (Å²) in [6, 6.07) is 8.11. The molecule has 1 aliphatic heterocycles. The Kier molecular flexibility index (Phi) is 5.31. The van der Waals surface area contributed by atoms with Crippen LogP contribution in [-0.4, -0.2) is 36.5 Å². The van der Waals surface area contributed by atoms with Crippen LogP contribution in [-0.2, 0) is 13.6 Å². The van der Waals surface area contributed by atoms with Gasteiger partial charge in [-0.15, -0.1) is 0 Å². The molecule has 0 bridgehead atoms. The predicted molar refractivity (Wildman–Crippen MR) is 98.0 cm³/mol. The molecule has 0 aliphatic carbocycles. The number of aromatic nitrogens is 2. The lowest BCUT2D eigenvalue weighted by molar-refractivity contribution is 0.367. The van der Waals surface area contributed by atoms with Gasteiger partial charge in [-0.3, -0.25) is 0 Å². The molecule has 5 nitrogen and oxygen atoms in total. The molecule has 0 radical (unpaired) electrons. The van der Waals surface area contributed by atoms with Crippen LogP contribution >= 0.6 is 11.6 Å². The third-order valence-electron chi connectivity index (χ3n) is 4.69. The molecule has 0 saturated carbocycles. The minimum absolute atomic E-state index is 0.656. The summed E-state index contributed by atoms with van der Waals surface area (Å²) in [5.74, 6) is 1.50. The number of halogens is 1. The molecule has 1 N–H and O–H groups in total. The number of ether oxygens (including phenoxy) is 1. The molecule has 0 amide bonds. The molecule has 2 aromatic rings. The highest BCUT2D eigenvalue weighted by Crippen LogP contribution is 2.25. The van der Waals surface area contributed by atoms with Crippen LogP contribution in [0.1, 0.15) is 17.7 Å². The van der Waals surface area contributed by atoms with Crippen LogP contribution in [0.3, 0.4) is 0 Å². The van der Waals surface area contributed by atoms with Crippen molar-refractivity contribution in [2.75, 3.05) is 31.6 Å². The van der Waals surface area contributed by atoms with Crippen molar-refractivity contribution in [3.05, 3.63) is 40.5 Å². The summed E-state index contributed by atoms with van der Waals surface area (Å²) in [6.45, 7) is 6.00. The average Bonchev–Trinajstić information content (AvgIpc) is 3.13. The number of rotatable bonds is 6. The van der Waals surface area contributed by atoms with E-state index in [-0.39, 0.29) is 0 Å². The van der Waals surface area contributed by atoms with E-state index in [2.05, 4.69) is 27.4 Å². The van der Waals surface area contributed by atoms with Gasteiger partial charge in [0.05, 0.1) is 18.4 Å². The Morgan fingerprint density at radius 3 is 2.79 bits per heavy atom. The van der Waals surface area contributed by atoms with Gasteiger partial charge in [0.25, 0.3) is 0 Å². The van der Waals surface area contributed by atoms with Crippen molar-refractivity contribution >= 4 is 17.3 Å². The predicted octanol–water partition coefficient (Wildman–Crippen LogP) is 3.01. The average molecular weight is 349 g/mol. The van der Waals surface area contributed by atoms with Crippen LogP contribution < -0.4 is 15.0 Å². The van der Waals surface area contributed by atoms with E-state index < -0.39 is 0 Å². The molecule has 1 atom stereocenters. The van der Waals surface area contributed by atoms with Crippen molar-refractivity contribution in [2.24, 2.45) is 13.0 Å². The number of anilines is 1. The molecular formula is C18H25ClN4O. The van der Waals surface area contributed by atoms with Gasteiger partial charge in [0, 0.05) is 43.9 Å². The van der Waals surface area contributed by atoms with Crippen molar-refractivity contribution in [2.45, 2.75) is 19.9 Å². The van der Waals surface area contributed by atoms with Crippen LogP contribution in [0.5, 0.6) is 5.88 Å². The molecule has 2 heterocycles. The highest BCUT2D eigenvalue weighted by atomic mass is 35.5. The van der Waals surface area contributed by atoms with Crippen molar-refractivity contribution in [1.29, 1.82) is 0 Å². The Hall–Kier alpha value is -1.72. The Morgan fingerprint density at radius 1 is 1.33 bits per heavy atom. The summed E-state index contributed by atoms with van der Waals surface area (Å²) < 4.78 is 7.24. The van der Waals surface area contributed by atoms with Crippen molar-refractivity contribution in [3.8, 4) is 5.88 Å². The van der Waals surface area contributed by atoms with Crippen molar-refractivity contribution in [3.63, 3.8) is 0 Å². The molecule has 1 aliphatic rings. The molecular weight excluding hydrogens is 324 g/mol. The summed E-state index contributed by atoms with van der Waals surface area (Å²) >= 11 is 5.97. The molecule has 1 fully saturated rings. The minimum atomic E-state index is 0.656. The van der Waals surface area contributed by atoms with Gasteiger partial charge in [0.2, 0.25) is 5.88 Å². The highest BCUT2D eigenvalue weighted by Gasteiger charge is 2.23. The fraction of sp³-hybridized carbons (Fsp3) is 0.500. The molecule has 1 aromatic carbocycles. The fourth-order valence-corrected chi connectivity index (χ4v) is 3.55. The van der Waals surface area contributed by atoms with Crippen LogP contribution in [0.25, 0.3) is 0 Å². The molecule has 0 spiro atoms. The second-order valence-electron chi connectivity index (χ2n) is 6.40. The van der Waals surface area contributed by atoms with Crippen LogP contribution in [0.4, 0.5) is 5.69 Å². The maximum absolute atomic E-state index is 5.97. The van der Waals surface area contributed by atoms with E-state index >= 15 is 0 Å². The van der Waals surface area contributed by atoms with Gasteiger partial charge in [-0.25, -0.2) is 4.68 Å². The second-order valence-corrected chi connectivity index (χ2v) is 6.84. The Labute approximate surface area is 148 Å².